The van der Waals surface area contributed by atoms with Crippen LogP contribution in [0.4, 0.5) is 23.5 Å². The highest BCUT2D eigenvalue weighted by atomic mass is 35.5. The van der Waals surface area contributed by atoms with Crippen molar-refractivity contribution >= 4 is 35.1 Å². The fourth-order valence-corrected chi connectivity index (χ4v) is 3.45. The Morgan fingerprint density at radius 2 is 1.71 bits per heavy atom. The fraction of sp³-hybridized carbons (Fsp3) is 0.526. The van der Waals surface area contributed by atoms with Gasteiger partial charge in [0.05, 0.1) is 12.1 Å². The monoisotopic (exact) mass is 406 g/mol. The number of hydrogen-bond acceptors (Lipinski definition) is 8. The Kier molecular flexibility index (Phi) is 7.50. The van der Waals surface area contributed by atoms with Crippen LogP contribution in [0.2, 0.25) is 5.02 Å². The van der Waals surface area contributed by atoms with Crippen LogP contribution < -0.4 is 20.7 Å². The molecule has 1 aliphatic rings. The number of methoxy groups -OCH3 is 2. The molecule has 0 saturated heterocycles. The molecule has 2 aromatic rings. The van der Waals surface area contributed by atoms with E-state index in [4.69, 9.17) is 21.1 Å². The van der Waals surface area contributed by atoms with Gasteiger partial charge in [0, 0.05) is 18.8 Å². The van der Waals surface area contributed by atoms with Crippen molar-refractivity contribution in [1.29, 1.82) is 0 Å². The molecule has 28 heavy (non-hydrogen) atoms. The van der Waals surface area contributed by atoms with Gasteiger partial charge in [-0.3, -0.25) is 0 Å². The Morgan fingerprint density at radius 1 is 1.00 bits per heavy atom. The van der Waals surface area contributed by atoms with E-state index in [1.165, 1.54) is 25.7 Å². The smallest absolute Gasteiger partial charge is 0.233 e. The van der Waals surface area contributed by atoms with Gasteiger partial charge in [-0.2, -0.15) is 15.0 Å². The topological polar surface area (TPSA) is 93.2 Å². The Labute approximate surface area is 170 Å². The van der Waals surface area contributed by atoms with Gasteiger partial charge >= 0.3 is 0 Å². The predicted molar refractivity (Wildman–Crippen MR) is 112 cm³/mol. The molecule has 1 fully saturated rings. The maximum absolute atomic E-state index is 6.21. The molecule has 1 saturated carbocycles. The van der Waals surface area contributed by atoms with Crippen LogP contribution in [0.3, 0.4) is 0 Å². The predicted octanol–water partition coefficient (Wildman–Crippen LogP) is 4.43. The number of anilines is 4. The second kappa shape index (κ2) is 10.3. The molecule has 1 aromatic heterocycles. The van der Waals surface area contributed by atoms with Gasteiger partial charge in [0.25, 0.3) is 0 Å². The molecule has 1 aliphatic carbocycles. The van der Waals surface area contributed by atoms with E-state index >= 15 is 0 Å². The van der Waals surface area contributed by atoms with E-state index in [2.05, 4.69) is 30.9 Å². The molecule has 3 rings (SSSR count). The van der Waals surface area contributed by atoms with Crippen molar-refractivity contribution in [3.05, 3.63) is 23.2 Å². The summed E-state index contributed by atoms with van der Waals surface area (Å²) in [5.74, 6) is 2.02. The summed E-state index contributed by atoms with van der Waals surface area (Å²) in [6.45, 7) is 0.306. The lowest BCUT2D eigenvalue weighted by atomic mass is 10.1. The van der Waals surface area contributed by atoms with Crippen molar-refractivity contribution < 1.29 is 9.47 Å². The fourth-order valence-electron chi connectivity index (χ4n) is 3.19. The number of aromatic nitrogens is 3. The van der Waals surface area contributed by atoms with Gasteiger partial charge in [0.15, 0.2) is 0 Å². The standard InChI is InChI=1S/C19H27ClN6O2/c1-27-12-21-17-24-18(22-13-7-5-3-4-6-8-13)26-19(25-17)23-14-9-10-16(28-2)15(20)11-14/h9-11,13H,3-8,12H2,1-2H3,(H3,21,22,23,24,25,26). The van der Waals surface area contributed by atoms with E-state index in [9.17, 15) is 0 Å². The molecule has 0 unspecified atom stereocenters. The molecule has 0 spiro atoms. The third-order valence-electron chi connectivity index (χ3n) is 4.61. The van der Waals surface area contributed by atoms with Crippen LogP contribution in [0.5, 0.6) is 5.75 Å². The minimum absolute atomic E-state index is 0.306. The molecule has 3 N–H and O–H groups in total. The van der Waals surface area contributed by atoms with Crippen LogP contribution in [0.25, 0.3) is 0 Å². The highest BCUT2D eigenvalue weighted by Gasteiger charge is 2.15. The molecular weight excluding hydrogens is 380 g/mol. The molecule has 1 aromatic carbocycles. The number of ether oxygens (including phenoxy) is 2. The molecule has 0 aliphatic heterocycles. The number of hydrogen-bond donors (Lipinski definition) is 3. The second-order valence-corrected chi connectivity index (χ2v) is 7.13. The summed E-state index contributed by atoms with van der Waals surface area (Å²) < 4.78 is 10.3. The lowest BCUT2D eigenvalue weighted by Crippen LogP contribution is -2.21. The van der Waals surface area contributed by atoms with Crippen molar-refractivity contribution in [1.82, 2.24) is 15.0 Å². The highest BCUT2D eigenvalue weighted by Crippen LogP contribution is 2.28. The molecule has 8 nitrogen and oxygen atoms in total. The first-order valence-corrected chi connectivity index (χ1v) is 9.91. The van der Waals surface area contributed by atoms with E-state index in [0.29, 0.717) is 41.4 Å². The number of nitrogens with zero attached hydrogens (tertiary/aromatic N) is 3. The first-order valence-electron chi connectivity index (χ1n) is 9.54. The van der Waals surface area contributed by atoms with Crippen molar-refractivity contribution in [3.63, 3.8) is 0 Å². The zero-order valence-electron chi connectivity index (χ0n) is 16.3. The van der Waals surface area contributed by atoms with Crippen LogP contribution in [-0.2, 0) is 4.74 Å². The molecule has 1 heterocycles. The van der Waals surface area contributed by atoms with Crippen LogP contribution in [0.15, 0.2) is 18.2 Å². The van der Waals surface area contributed by atoms with Gasteiger partial charge in [-0.15, -0.1) is 0 Å². The van der Waals surface area contributed by atoms with Crippen LogP contribution >= 0.6 is 11.6 Å². The second-order valence-electron chi connectivity index (χ2n) is 6.72. The van der Waals surface area contributed by atoms with Gasteiger partial charge in [0.1, 0.15) is 12.5 Å². The normalized spacial score (nSPS) is 15.0. The van der Waals surface area contributed by atoms with Gasteiger partial charge in [0.2, 0.25) is 17.8 Å². The summed E-state index contributed by atoms with van der Waals surface area (Å²) in [6, 6.07) is 5.80. The lowest BCUT2D eigenvalue weighted by molar-refractivity contribution is 0.220. The van der Waals surface area contributed by atoms with Crippen molar-refractivity contribution in [3.8, 4) is 5.75 Å². The Hall–Kier alpha value is -2.32. The van der Waals surface area contributed by atoms with E-state index in [1.54, 1.807) is 26.4 Å². The quantitative estimate of drug-likeness (QED) is 0.438. The molecular formula is C19H27ClN6O2. The SMILES string of the molecule is COCNc1nc(Nc2ccc(OC)c(Cl)c2)nc(NC2CCCCCC2)n1. The number of benzene rings is 1. The van der Waals surface area contributed by atoms with E-state index in [0.717, 1.165) is 18.5 Å². The molecule has 0 amide bonds. The number of halogens is 1. The molecule has 0 radical (unpaired) electrons. The van der Waals surface area contributed by atoms with Crippen molar-refractivity contribution in [2.45, 2.75) is 44.6 Å². The molecule has 0 bridgehead atoms. The van der Waals surface area contributed by atoms with E-state index in [1.807, 2.05) is 6.07 Å². The van der Waals surface area contributed by atoms with Gasteiger partial charge < -0.3 is 25.4 Å². The Bertz CT molecular complexity index is 768. The van der Waals surface area contributed by atoms with Crippen LogP contribution in [0, 0.1) is 0 Å². The molecule has 0 atom stereocenters. The van der Waals surface area contributed by atoms with Crippen LogP contribution in [-0.4, -0.2) is 41.9 Å². The minimum atomic E-state index is 0.306. The molecule has 9 heteroatoms. The van der Waals surface area contributed by atoms with Gasteiger partial charge in [-0.1, -0.05) is 37.3 Å². The Morgan fingerprint density at radius 3 is 2.39 bits per heavy atom. The average Bonchev–Trinajstić information content (AvgIpc) is 2.95. The number of nitrogens with one attached hydrogen (secondary N) is 3. The van der Waals surface area contributed by atoms with Crippen molar-refractivity contribution in [2.24, 2.45) is 0 Å². The maximum Gasteiger partial charge on any atom is 0.233 e. The number of rotatable bonds is 8. The highest BCUT2D eigenvalue weighted by molar-refractivity contribution is 6.32. The first-order chi connectivity index (χ1) is 13.7. The van der Waals surface area contributed by atoms with E-state index < -0.39 is 0 Å². The zero-order chi connectivity index (χ0) is 19.8. The Balaban J connectivity index is 1.79. The largest absolute Gasteiger partial charge is 0.495 e. The summed E-state index contributed by atoms with van der Waals surface area (Å²) in [5, 5.41) is 10.2. The summed E-state index contributed by atoms with van der Waals surface area (Å²) in [4.78, 5) is 13.4. The minimum Gasteiger partial charge on any atom is -0.495 e. The lowest BCUT2D eigenvalue weighted by Gasteiger charge is -2.17. The summed E-state index contributed by atoms with van der Waals surface area (Å²) in [5.41, 5.74) is 0.759. The summed E-state index contributed by atoms with van der Waals surface area (Å²) in [6.07, 6.45) is 7.30. The molecule has 152 valence electrons. The summed E-state index contributed by atoms with van der Waals surface area (Å²) in [7, 11) is 3.19. The van der Waals surface area contributed by atoms with Gasteiger partial charge in [-0.05, 0) is 31.0 Å². The van der Waals surface area contributed by atoms with Crippen molar-refractivity contribution in [2.75, 3.05) is 36.9 Å². The maximum atomic E-state index is 6.21. The van der Waals surface area contributed by atoms with Gasteiger partial charge in [-0.25, -0.2) is 0 Å². The third-order valence-corrected chi connectivity index (χ3v) is 4.90. The first kappa shape index (κ1) is 20.4. The summed E-state index contributed by atoms with van der Waals surface area (Å²) >= 11 is 6.21. The zero-order valence-corrected chi connectivity index (χ0v) is 17.1. The van der Waals surface area contributed by atoms with Crippen LogP contribution in [0.1, 0.15) is 38.5 Å². The van der Waals surface area contributed by atoms with E-state index in [-0.39, 0.29) is 0 Å². The third kappa shape index (κ3) is 5.84. The average molecular weight is 407 g/mol.